The third kappa shape index (κ3) is 2.57. The van der Waals surface area contributed by atoms with Gasteiger partial charge in [0.25, 0.3) is 5.89 Å². The van der Waals surface area contributed by atoms with Crippen LogP contribution in [0.4, 0.5) is 0 Å². The SMILES string of the molecule is NCc1cccc(-c2nc(-c3cccc(Cl)c3)no2)c1. The standard InChI is InChI=1S/C15H12ClN3O/c16-13-6-2-4-11(8-13)14-18-15(20-19-14)12-5-1-3-10(7-12)9-17/h1-8H,9,17H2. The van der Waals surface area contributed by atoms with Crippen molar-refractivity contribution in [1.82, 2.24) is 10.1 Å². The number of hydrogen-bond acceptors (Lipinski definition) is 4. The lowest BCUT2D eigenvalue weighted by Crippen LogP contribution is -1.95. The fourth-order valence-corrected chi connectivity index (χ4v) is 2.11. The highest BCUT2D eigenvalue weighted by atomic mass is 35.5. The molecule has 0 fully saturated rings. The molecule has 0 saturated heterocycles. The van der Waals surface area contributed by atoms with E-state index in [9.17, 15) is 0 Å². The molecule has 0 spiro atoms. The fraction of sp³-hybridized carbons (Fsp3) is 0.0667. The van der Waals surface area contributed by atoms with E-state index in [4.69, 9.17) is 21.9 Å². The first-order valence-electron chi connectivity index (χ1n) is 6.15. The highest BCUT2D eigenvalue weighted by molar-refractivity contribution is 6.30. The average molecular weight is 286 g/mol. The Morgan fingerprint density at radius 3 is 2.65 bits per heavy atom. The van der Waals surface area contributed by atoms with Crippen LogP contribution in [0.1, 0.15) is 5.56 Å². The summed E-state index contributed by atoms with van der Waals surface area (Å²) in [6, 6.07) is 15.1. The lowest BCUT2D eigenvalue weighted by Gasteiger charge is -1.98. The summed E-state index contributed by atoms with van der Waals surface area (Å²) < 4.78 is 5.30. The van der Waals surface area contributed by atoms with Crippen LogP contribution in [0, 0.1) is 0 Å². The van der Waals surface area contributed by atoms with Gasteiger partial charge in [0, 0.05) is 22.7 Å². The van der Waals surface area contributed by atoms with E-state index in [1.807, 2.05) is 36.4 Å². The van der Waals surface area contributed by atoms with Gasteiger partial charge >= 0.3 is 0 Å². The molecule has 0 bridgehead atoms. The lowest BCUT2D eigenvalue weighted by atomic mass is 10.1. The van der Waals surface area contributed by atoms with Gasteiger partial charge in [0.1, 0.15) is 0 Å². The van der Waals surface area contributed by atoms with Crippen molar-refractivity contribution in [2.24, 2.45) is 5.73 Å². The summed E-state index contributed by atoms with van der Waals surface area (Å²) in [5.41, 5.74) is 8.32. The summed E-state index contributed by atoms with van der Waals surface area (Å²) in [5.74, 6) is 0.982. The maximum absolute atomic E-state index is 5.96. The molecule has 2 aromatic carbocycles. The zero-order chi connectivity index (χ0) is 13.9. The molecule has 100 valence electrons. The van der Waals surface area contributed by atoms with Crippen LogP contribution in [0.3, 0.4) is 0 Å². The van der Waals surface area contributed by atoms with Crippen molar-refractivity contribution in [3.8, 4) is 22.8 Å². The predicted octanol–water partition coefficient (Wildman–Crippen LogP) is 3.52. The summed E-state index contributed by atoms with van der Waals surface area (Å²) in [6.07, 6.45) is 0. The molecule has 0 radical (unpaired) electrons. The van der Waals surface area contributed by atoms with Crippen molar-refractivity contribution < 1.29 is 4.52 Å². The number of hydrogen-bond donors (Lipinski definition) is 1. The third-order valence-electron chi connectivity index (χ3n) is 2.92. The molecule has 3 aromatic rings. The van der Waals surface area contributed by atoms with Crippen LogP contribution in [0.5, 0.6) is 0 Å². The smallest absolute Gasteiger partial charge is 0.258 e. The minimum atomic E-state index is 0.468. The Morgan fingerprint density at radius 1 is 1.05 bits per heavy atom. The molecule has 5 heteroatoms. The van der Waals surface area contributed by atoms with E-state index in [-0.39, 0.29) is 0 Å². The van der Waals surface area contributed by atoms with E-state index in [0.717, 1.165) is 16.7 Å². The van der Waals surface area contributed by atoms with Gasteiger partial charge in [-0.2, -0.15) is 4.98 Å². The Morgan fingerprint density at radius 2 is 1.85 bits per heavy atom. The highest BCUT2D eigenvalue weighted by Crippen LogP contribution is 2.24. The molecular weight excluding hydrogens is 274 g/mol. The Kier molecular flexibility index (Phi) is 3.50. The number of halogens is 1. The first-order valence-corrected chi connectivity index (χ1v) is 6.53. The second-order valence-corrected chi connectivity index (χ2v) is 4.77. The average Bonchev–Trinajstić information content (AvgIpc) is 2.97. The van der Waals surface area contributed by atoms with Crippen LogP contribution in [0.2, 0.25) is 5.02 Å². The zero-order valence-corrected chi connectivity index (χ0v) is 11.3. The van der Waals surface area contributed by atoms with E-state index in [1.54, 1.807) is 12.1 Å². The normalized spacial score (nSPS) is 10.7. The number of rotatable bonds is 3. The Bertz CT molecular complexity index is 739. The minimum absolute atomic E-state index is 0.468. The van der Waals surface area contributed by atoms with Gasteiger partial charge in [0.2, 0.25) is 5.82 Å². The Labute approximate surface area is 121 Å². The van der Waals surface area contributed by atoms with Crippen molar-refractivity contribution in [2.45, 2.75) is 6.54 Å². The predicted molar refractivity (Wildman–Crippen MR) is 78.1 cm³/mol. The molecular formula is C15H12ClN3O. The first-order chi connectivity index (χ1) is 9.76. The molecule has 20 heavy (non-hydrogen) atoms. The van der Waals surface area contributed by atoms with Gasteiger partial charge in [-0.25, -0.2) is 0 Å². The van der Waals surface area contributed by atoms with E-state index < -0.39 is 0 Å². The van der Waals surface area contributed by atoms with Crippen LogP contribution in [-0.2, 0) is 6.54 Å². The molecule has 1 heterocycles. The Hall–Kier alpha value is -2.17. The van der Waals surface area contributed by atoms with Crippen LogP contribution in [-0.4, -0.2) is 10.1 Å². The number of aromatic nitrogens is 2. The number of benzene rings is 2. The van der Waals surface area contributed by atoms with Crippen LogP contribution < -0.4 is 5.73 Å². The van der Waals surface area contributed by atoms with Crippen LogP contribution in [0.25, 0.3) is 22.8 Å². The van der Waals surface area contributed by atoms with Crippen LogP contribution >= 0.6 is 11.6 Å². The molecule has 0 atom stereocenters. The largest absolute Gasteiger partial charge is 0.334 e. The van der Waals surface area contributed by atoms with Gasteiger partial charge in [-0.1, -0.05) is 41.0 Å². The molecule has 1 aromatic heterocycles. The maximum Gasteiger partial charge on any atom is 0.258 e. The second-order valence-electron chi connectivity index (χ2n) is 4.34. The molecule has 4 nitrogen and oxygen atoms in total. The van der Waals surface area contributed by atoms with E-state index in [2.05, 4.69) is 10.1 Å². The van der Waals surface area contributed by atoms with Gasteiger partial charge in [-0.05, 0) is 29.8 Å². The molecule has 0 aliphatic heterocycles. The molecule has 3 rings (SSSR count). The summed E-state index contributed by atoms with van der Waals surface area (Å²) in [7, 11) is 0. The number of nitrogens with zero attached hydrogens (tertiary/aromatic N) is 2. The van der Waals surface area contributed by atoms with E-state index in [0.29, 0.717) is 23.3 Å². The monoisotopic (exact) mass is 285 g/mol. The van der Waals surface area contributed by atoms with Gasteiger partial charge in [-0.15, -0.1) is 0 Å². The molecule has 0 unspecified atom stereocenters. The molecule has 0 saturated carbocycles. The van der Waals surface area contributed by atoms with Crippen LogP contribution in [0.15, 0.2) is 53.1 Å². The van der Waals surface area contributed by atoms with E-state index >= 15 is 0 Å². The topological polar surface area (TPSA) is 64.9 Å². The van der Waals surface area contributed by atoms with Gasteiger partial charge in [0.05, 0.1) is 0 Å². The number of nitrogens with two attached hydrogens (primary N) is 1. The van der Waals surface area contributed by atoms with Crippen molar-refractivity contribution in [3.05, 3.63) is 59.1 Å². The summed E-state index contributed by atoms with van der Waals surface area (Å²) in [4.78, 5) is 4.39. The van der Waals surface area contributed by atoms with Crippen molar-refractivity contribution in [1.29, 1.82) is 0 Å². The molecule has 0 aliphatic carbocycles. The summed E-state index contributed by atoms with van der Waals surface area (Å²) in [6.45, 7) is 0.475. The van der Waals surface area contributed by atoms with E-state index in [1.165, 1.54) is 0 Å². The second kappa shape index (κ2) is 5.45. The zero-order valence-electron chi connectivity index (χ0n) is 10.6. The van der Waals surface area contributed by atoms with Gasteiger partial charge in [-0.3, -0.25) is 0 Å². The Balaban J connectivity index is 1.97. The maximum atomic E-state index is 5.96. The van der Waals surface area contributed by atoms with Crippen molar-refractivity contribution in [2.75, 3.05) is 0 Å². The van der Waals surface area contributed by atoms with Gasteiger partial charge in [0.15, 0.2) is 0 Å². The highest BCUT2D eigenvalue weighted by Gasteiger charge is 2.11. The molecule has 0 aliphatic rings. The quantitative estimate of drug-likeness (QED) is 0.800. The third-order valence-corrected chi connectivity index (χ3v) is 3.15. The summed E-state index contributed by atoms with van der Waals surface area (Å²) >= 11 is 5.96. The summed E-state index contributed by atoms with van der Waals surface area (Å²) in [5, 5.41) is 4.62. The lowest BCUT2D eigenvalue weighted by molar-refractivity contribution is 0.432. The van der Waals surface area contributed by atoms with Crippen molar-refractivity contribution >= 4 is 11.6 Å². The molecule has 0 amide bonds. The van der Waals surface area contributed by atoms with Crippen molar-refractivity contribution in [3.63, 3.8) is 0 Å². The van der Waals surface area contributed by atoms with Gasteiger partial charge < -0.3 is 10.3 Å². The molecule has 2 N–H and O–H groups in total. The fourth-order valence-electron chi connectivity index (χ4n) is 1.92. The first kappa shape index (κ1) is 12.8. The minimum Gasteiger partial charge on any atom is -0.334 e.